The average molecular weight is 452 g/mol. The molecule has 0 bridgehead atoms. The molecule has 2 aromatic rings. The van der Waals surface area contributed by atoms with Crippen molar-refractivity contribution < 1.29 is 8.78 Å². The van der Waals surface area contributed by atoms with Crippen LogP contribution in [0.15, 0.2) is 34.8 Å². The highest BCUT2D eigenvalue weighted by molar-refractivity contribution is 14.1. The fourth-order valence-electron chi connectivity index (χ4n) is 2.13. The zero-order chi connectivity index (χ0) is 14.9. The molecule has 1 N–H and O–H groups in total. The minimum atomic E-state index is -0.543. The summed E-state index contributed by atoms with van der Waals surface area (Å²) in [6.45, 7) is 1.63. The van der Waals surface area contributed by atoms with Crippen LogP contribution in [0, 0.1) is 22.1 Å². The molecule has 0 aliphatic carbocycles. The minimum absolute atomic E-state index is 0.0511. The highest BCUT2D eigenvalue weighted by Gasteiger charge is 2.23. The first-order valence-corrected chi connectivity index (χ1v) is 7.89. The average Bonchev–Trinajstić information content (AvgIpc) is 2.42. The molecular formula is C15H13BrF2IN. The van der Waals surface area contributed by atoms with Gasteiger partial charge in [-0.25, -0.2) is 8.78 Å². The molecule has 0 aromatic heterocycles. The molecule has 0 saturated heterocycles. The Kier molecular flexibility index (Phi) is 5.14. The predicted molar refractivity (Wildman–Crippen MR) is 88.9 cm³/mol. The van der Waals surface area contributed by atoms with Crippen molar-refractivity contribution in [3.8, 4) is 0 Å². The topological polar surface area (TPSA) is 12.0 Å². The molecule has 0 saturated carbocycles. The fraction of sp³-hybridized carbons (Fsp3) is 0.200. The Balaban J connectivity index is 2.64. The van der Waals surface area contributed by atoms with E-state index in [1.807, 2.05) is 18.2 Å². The first-order chi connectivity index (χ1) is 9.45. The molecule has 1 atom stereocenters. The van der Waals surface area contributed by atoms with Gasteiger partial charge in [-0.15, -0.1) is 0 Å². The van der Waals surface area contributed by atoms with Crippen LogP contribution in [0.2, 0.25) is 0 Å². The van der Waals surface area contributed by atoms with Crippen LogP contribution < -0.4 is 5.32 Å². The van der Waals surface area contributed by atoms with E-state index in [0.717, 1.165) is 13.6 Å². The summed E-state index contributed by atoms with van der Waals surface area (Å²) in [5.74, 6) is -1.05. The van der Waals surface area contributed by atoms with E-state index in [2.05, 4.69) is 43.8 Å². The normalized spacial score (nSPS) is 12.5. The lowest BCUT2D eigenvalue weighted by atomic mass is 9.96. The number of rotatable bonds is 3. The van der Waals surface area contributed by atoms with Crippen LogP contribution in [0.25, 0.3) is 0 Å². The van der Waals surface area contributed by atoms with Crippen LogP contribution in [-0.4, -0.2) is 7.05 Å². The molecule has 0 heterocycles. The third kappa shape index (κ3) is 3.04. The highest BCUT2D eigenvalue weighted by atomic mass is 127. The molecule has 1 unspecified atom stereocenters. The second-order valence-electron chi connectivity index (χ2n) is 4.48. The van der Waals surface area contributed by atoms with Gasteiger partial charge in [0, 0.05) is 13.6 Å². The van der Waals surface area contributed by atoms with Crippen LogP contribution in [-0.2, 0) is 0 Å². The van der Waals surface area contributed by atoms with Crippen molar-refractivity contribution in [3.05, 3.63) is 66.7 Å². The highest BCUT2D eigenvalue weighted by Crippen LogP contribution is 2.33. The summed E-state index contributed by atoms with van der Waals surface area (Å²) in [6.07, 6.45) is 0. The van der Waals surface area contributed by atoms with Gasteiger partial charge >= 0.3 is 0 Å². The summed E-state index contributed by atoms with van der Waals surface area (Å²) < 4.78 is 30.2. The van der Waals surface area contributed by atoms with E-state index >= 15 is 0 Å². The van der Waals surface area contributed by atoms with Crippen molar-refractivity contribution in [1.82, 2.24) is 5.32 Å². The van der Waals surface area contributed by atoms with Crippen molar-refractivity contribution in [2.24, 2.45) is 0 Å². The molecule has 5 heteroatoms. The van der Waals surface area contributed by atoms with Crippen molar-refractivity contribution >= 4 is 38.5 Å². The van der Waals surface area contributed by atoms with Crippen LogP contribution in [0.1, 0.15) is 22.7 Å². The van der Waals surface area contributed by atoms with E-state index in [1.54, 1.807) is 14.0 Å². The van der Waals surface area contributed by atoms with E-state index in [4.69, 9.17) is 0 Å². The lowest BCUT2D eigenvalue weighted by molar-refractivity contribution is 0.517. The first-order valence-electron chi connectivity index (χ1n) is 6.02. The summed E-state index contributed by atoms with van der Waals surface area (Å²) in [5.41, 5.74) is 1.29. The van der Waals surface area contributed by atoms with Gasteiger partial charge in [-0.2, -0.15) is 0 Å². The van der Waals surface area contributed by atoms with Gasteiger partial charge in [-0.05, 0) is 72.0 Å². The minimum Gasteiger partial charge on any atom is -0.309 e. The van der Waals surface area contributed by atoms with Gasteiger partial charge in [-0.3, -0.25) is 0 Å². The van der Waals surface area contributed by atoms with Crippen LogP contribution in [0.5, 0.6) is 0 Å². The molecule has 0 spiro atoms. The zero-order valence-corrected chi connectivity index (χ0v) is 14.7. The molecule has 0 aliphatic rings. The molecule has 1 nitrogen and oxygen atoms in total. The molecule has 2 rings (SSSR count). The second-order valence-corrected chi connectivity index (χ2v) is 6.58. The summed E-state index contributed by atoms with van der Waals surface area (Å²) >= 11 is 5.63. The largest absolute Gasteiger partial charge is 0.309 e. The number of aryl methyl sites for hydroxylation is 1. The molecule has 20 heavy (non-hydrogen) atoms. The van der Waals surface area contributed by atoms with Gasteiger partial charge < -0.3 is 5.32 Å². The lowest BCUT2D eigenvalue weighted by Gasteiger charge is -2.21. The van der Waals surface area contributed by atoms with E-state index in [1.165, 1.54) is 12.1 Å². The quantitative estimate of drug-likeness (QED) is 0.651. The standard InChI is InChI=1S/C15H13BrF2IN/c1-8-3-6-12(17)13(14(8)18)15(20-2)10-7-9(19)4-5-11(10)16/h3-7,15,20H,1-2H3. The predicted octanol–water partition coefficient (Wildman–Crippen LogP) is 4.95. The van der Waals surface area contributed by atoms with Gasteiger partial charge in [0.15, 0.2) is 0 Å². The zero-order valence-electron chi connectivity index (χ0n) is 11.0. The van der Waals surface area contributed by atoms with Crippen molar-refractivity contribution in [1.29, 1.82) is 0 Å². The second kappa shape index (κ2) is 6.49. The molecule has 106 valence electrons. The van der Waals surface area contributed by atoms with E-state index in [9.17, 15) is 8.78 Å². The number of hydrogen-bond donors (Lipinski definition) is 1. The van der Waals surface area contributed by atoms with Crippen molar-refractivity contribution in [2.75, 3.05) is 7.05 Å². The smallest absolute Gasteiger partial charge is 0.134 e. The lowest BCUT2D eigenvalue weighted by Crippen LogP contribution is -2.21. The number of halogens is 4. The number of hydrogen-bond acceptors (Lipinski definition) is 1. The van der Waals surface area contributed by atoms with E-state index in [-0.39, 0.29) is 5.56 Å². The van der Waals surface area contributed by atoms with Crippen LogP contribution >= 0.6 is 38.5 Å². The Labute approximate surface area is 139 Å². The SMILES string of the molecule is CNC(c1cc(I)ccc1Br)c1c(F)ccc(C)c1F. The van der Waals surface area contributed by atoms with Crippen molar-refractivity contribution in [3.63, 3.8) is 0 Å². The van der Waals surface area contributed by atoms with Gasteiger partial charge in [-0.1, -0.05) is 22.0 Å². The Morgan fingerprint density at radius 2 is 1.90 bits per heavy atom. The Hall–Kier alpha value is -0.530. The Morgan fingerprint density at radius 3 is 2.55 bits per heavy atom. The third-order valence-corrected chi connectivity index (χ3v) is 4.56. The summed E-state index contributed by atoms with van der Waals surface area (Å²) in [4.78, 5) is 0. The maximum absolute atomic E-state index is 14.3. The third-order valence-electron chi connectivity index (χ3n) is 3.17. The monoisotopic (exact) mass is 451 g/mol. The molecule has 0 fully saturated rings. The molecule has 0 radical (unpaired) electrons. The van der Waals surface area contributed by atoms with Crippen LogP contribution in [0.4, 0.5) is 8.78 Å². The van der Waals surface area contributed by atoms with E-state index in [0.29, 0.717) is 5.56 Å². The van der Waals surface area contributed by atoms with Gasteiger partial charge in [0.2, 0.25) is 0 Å². The molecule has 0 aliphatic heterocycles. The first kappa shape index (κ1) is 15.9. The van der Waals surface area contributed by atoms with Crippen molar-refractivity contribution in [2.45, 2.75) is 13.0 Å². The number of nitrogens with one attached hydrogen (secondary N) is 1. The van der Waals surface area contributed by atoms with Gasteiger partial charge in [0.05, 0.1) is 6.04 Å². The fourth-order valence-corrected chi connectivity index (χ4v) is 3.12. The summed E-state index contributed by atoms with van der Waals surface area (Å²) in [7, 11) is 1.69. The number of benzene rings is 2. The van der Waals surface area contributed by atoms with Crippen LogP contribution in [0.3, 0.4) is 0 Å². The molecule has 2 aromatic carbocycles. The Bertz CT molecular complexity index is 646. The van der Waals surface area contributed by atoms with Gasteiger partial charge in [0.1, 0.15) is 11.6 Å². The molecule has 0 amide bonds. The summed E-state index contributed by atoms with van der Waals surface area (Å²) in [6, 6.07) is 7.94. The maximum atomic E-state index is 14.3. The summed E-state index contributed by atoms with van der Waals surface area (Å²) in [5, 5.41) is 3.00. The van der Waals surface area contributed by atoms with E-state index < -0.39 is 17.7 Å². The van der Waals surface area contributed by atoms with Gasteiger partial charge in [0.25, 0.3) is 0 Å². The maximum Gasteiger partial charge on any atom is 0.134 e. The molecular weight excluding hydrogens is 439 g/mol. The Morgan fingerprint density at radius 1 is 1.20 bits per heavy atom.